The molecule has 0 unspecified atom stereocenters. The van der Waals surface area contributed by atoms with Gasteiger partial charge in [-0.1, -0.05) is 12.1 Å². The lowest BCUT2D eigenvalue weighted by atomic mass is 10.0. The first-order valence-corrected chi connectivity index (χ1v) is 4.90. The summed E-state index contributed by atoms with van der Waals surface area (Å²) in [5.74, 6) is 0.360. The molecule has 4 heteroatoms. The fourth-order valence-electron chi connectivity index (χ4n) is 1.34. The van der Waals surface area contributed by atoms with Gasteiger partial charge in [-0.2, -0.15) is 0 Å². The van der Waals surface area contributed by atoms with Crippen molar-refractivity contribution in [2.45, 2.75) is 19.4 Å². The van der Waals surface area contributed by atoms with Gasteiger partial charge in [0.05, 0.1) is 6.61 Å². The van der Waals surface area contributed by atoms with Crippen molar-refractivity contribution in [3.8, 4) is 5.75 Å². The molecule has 1 rings (SSSR count). The Labute approximate surface area is 89.2 Å². The topological polar surface area (TPSA) is 78.3 Å². The van der Waals surface area contributed by atoms with Gasteiger partial charge in [0.1, 0.15) is 5.75 Å². The third-order valence-corrected chi connectivity index (χ3v) is 2.02. The first-order chi connectivity index (χ1) is 7.13. The molecule has 15 heavy (non-hydrogen) atoms. The van der Waals surface area contributed by atoms with E-state index in [1.165, 1.54) is 0 Å². The Kier molecular flexibility index (Phi) is 4.12. The van der Waals surface area contributed by atoms with Crippen LogP contribution >= 0.6 is 0 Å². The van der Waals surface area contributed by atoms with Crippen molar-refractivity contribution in [1.82, 2.24) is 0 Å². The van der Waals surface area contributed by atoms with E-state index in [1.54, 1.807) is 0 Å². The second-order valence-electron chi connectivity index (χ2n) is 3.28. The van der Waals surface area contributed by atoms with E-state index in [0.717, 1.165) is 11.3 Å². The quantitative estimate of drug-likeness (QED) is 0.756. The van der Waals surface area contributed by atoms with E-state index >= 15 is 0 Å². The Morgan fingerprint density at radius 2 is 2.27 bits per heavy atom. The summed E-state index contributed by atoms with van der Waals surface area (Å²) in [6.45, 7) is 2.52. The maximum atomic E-state index is 10.7. The molecule has 82 valence electrons. The van der Waals surface area contributed by atoms with Crippen LogP contribution in [-0.2, 0) is 4.79 Å². The maximum Gasteiger partial charge on any atom is 0.219 e. The van der Waals surface area contributed by atoms with Crippen LogP contribution in [0.3, 0.4) is 0 Å². The van der Waals surface area contributed by atoms with E-state index in [0.29, 0.717) is 6.61 Å². The summed E-state index contributed by atoms with van der Waals surface area (Å²) in [4.78, 5) is 10.7. The molecular weight excluding hydrogens is 192 g/mol. The predicted molar refractivity (Wildman–Crippen MR) is 58.4 cm³/mol. The lowest BCUT2D eigenvalue weighted by Crippen LogP contribution is -2.20. The van der Waals surface area contributed by atoms with Crippen LogP contribution in [0.15, 0.2) is 24.3 Å². The fourth-order valence-corrected chi connectivity index (χ4v) is 1.34. The van der Waals surface area contributed by atoms with Crippen LogP contribution < -0.4 is 16.2 Å². The summed E-state index contributed by atoms with van der Waals surface area (Å²) < 4.78 is 5.33. The number of rotatable bonds is 5. The highest BCUT2D eigenvalue weighted by atomic mass is 16.5. The zero-order chi connectivity index (χ0) is 11.3. The third-order valence-electron chi connectivity index (χ3n) is 2.02. The summed E-state index contributed by atoms with van der Waals surface area (Å²) >= 11 is 0. The Morgan fingerprint density at radius 3 is 2.87 bits per heavy atom. The second-order valence-corrected chi connectivity index (χ2v) is 3.28. The molecule has 0 saturated heterocycles. The molecule has 0 saturated carbocycles. The fraction of sp³-hybridized carbons (Fsp3) is 0.364. The Bertz CT molecular complexity index is 339. The summed E-state index contributed by atoms with van der Waals surface area (Å²) in [6.07, 6.45) is 0.148. The number of carbonyl (C=O) groups is 1. The molecule has 1 aromatic rings. The van der Waals surface area contributed by atoms with Gasteiger partial charge in [-0.15, -0.1) is 0 Å². The molecule has 0 aliphatic rings. The van der Waals surface area contributed by atoms with E-state index in [2.05, 4.69) is 0 Å². The number of primary amides is 1. The molecular formula is C11H16N2O2. The maximum absolute atomic E-state index is 10.7. The van der Waals surface area contributed by atoms with E-state index in [-0.39, 0.29) is 12.5 Å². The van der Waals surface area contributed by atoms with Gasteiger partial charge in [-0.3, -0.25) is 4.79 Å². The van der Waals surface area contributed by atoms with Gasteiger partial charge in [-0.05, 0) is 24.6 Å². The van der Waals surface area contributed by atoms with E-state index in [1.807, 2.05) is 31.2 Å². The predicted octanol–water partition coefficient (Wildman–Crippen LogP) is 0.960. The van der Waals surface area contributed by atoms with Crippen molar-refractivity contribution < 1.29 is 9.53 Å². The molecule has 0 spiro atoms. The highest BCUT2D eigenvalue weighted by Gasteiger charge is 2.09. The minimum absolute atomic E-state index is 0.148. The van der Waals surface area contributed by atoms with Gasteiger partial charge in [0.2, 0.25) is 5.91 Å². The lowest BCUT2D eigenvalue weighted by molar-refractivity contribution is -0.118. The van der Waals surface area contributed by atoms with Gasteiger partial charge in [0.25, 0.3) is 0 Å². The molecule has 0 fully saturated rings. The first-order valence-electron chi connectivity index (χ1n) is 4.90. The van der Waals surface area contributed by atoms with Gasteiger partial charge in [0.15, 0.2) is 0 Å². The molecule has 4 nitrogen and oxygen atoms in total. The van der Waals surface area contributed by atoms with Crippen LogP contribution in [0.5, 0.6) is 5.75 Å². The summed E-state index contributed by atoms with van der Waals surface area (Å²) in [5, 5.41) is 0. The number of nitrogens with two attached hydrogens (primary N) is 2. The van der Waals surface area contributed by atoms with Crippen molar-refractivity contribution in [2.75, 3.05) is 6.61 Å². The van der Waals surface area contributed by atoms with Gasteiger partial charge in [-0.25, -0.2) is 0 Å². The highest BCUT2D eigenvalue weighted by molar-refractivity contribution is 5.74. The van der Waals surface area contributed by atoms with Crippen LogP contribution in [0.1, 0.15) is 24.9 Å². The third kappa shape index (κ3) is 3.59. The number of amides is 1. The van der Waals surface area contributed by atoms with Crippen LogP contribution in [0.25, 0.3) is 0 Å². The second kappa shape index (κ2) is 5.36. The average Bonchev–Trinajstić information content (AvgIpc) is 2.17. The Balaban J connectivity index is 2.75. The molecule has 0 aromatic heterocycles. The molecule has 4 N–H and O–H groups in total. The SMILES string of the molecule is CCOc1cccc([C@@H](N)CC(N)=O)c1. The number of hydrogen-bond acceptors (Lipinski definition) is 3. The summed E-state index contributed by atoms with van der Waals surface area (Å²) in [7, 11) is 0. The lowest BCUT2D eigenvalue weighted by Gasteiger charge is -2.11. The zero-order valence-electron chi connectivity index (χ0n) is 8.77. The molecule has 1 atom stereocenters. The van der Waals surface area contributed by atoms with Crippen molar-refractivity contribution in [3.63, 3.8) is 0 Å². The van der Waals surface area contributed by atoms with E-state index in [9.17, 15) is 4.79 Å². The van der Waals surface area contributed by atoms with Crippen molar-refractivity contribution in [2.24, 2.45) is 11.5 Å². The summed E-state index contributed by atoms with van der Waals surface area (Å²) in [5.41, 5.74) is 11.7. The van der Waals surface area contributed by atoms with Crippen molar-refractivity contribution in [3.05, 3.63) is 29.8 Å². The van der Waals surface area contributed by atoms with Crippen LogP contribution in [0.2, 0.25) is 0 Å². The van der Waals surface area contributed by atoms with Crippen LogP contribution in [0, 0.1) is 0 Å². The smallest absolute Gasteiger partial charge is 0.219 e. The van der Waals surface area contributed by atoms with Gasteiger partial charge in [0, 0.05) is 12.5 Å². The van der Waals surface area contributed by atoms with Crippen molar-refractivity contribution in [1.29, 1.82) is 0 Å². The Morgan fingerprint density at radius 1 is 1.53 bits per heavy atom. The van der Waals surface area contributed by atoms with Gasteiger partial charge < -0.3 is 16.2 Å². The molecule has 0 aliphatic carbocycles. The Hall–Kier alpha value is -1.55. The number of benzene rings is 1. The van der Waals surface area contributed by atoms with Crippen molar-refractivity contribution >= 4 is 5.91 Å². The largest absolute Gasteiger partial charge is 0.494 e. The molecule has 0 bridgehead atoms. The van der Waals surface area contributed by atoms with Gasteiger partial charge >= 0.3 is 0 Å². The minimum atomic E-state index is -0.399. The van der Waals surface area contributed by atoms with Crippen LogP contribution in [-0.4, -0.2) is 12.5 Å². The van der Waals surface area contributed by atoms with Crippen LogP contribution in [0.4, 0.5) is 0 Å². The number of carbonyl (C=O) groups excluding carboxylic acids is 1. The molecule has 1 amide bonds. The number of ether oxygens (including phenoxy) is 1. The minimum Gasteiger partial charge on any atom is -0.494 e. The number of hydrogen-bond donors (Lipinski definition) is 2. The highest BCUT2D eigenvalue weighted by Crippen LogP contribution is 2.19. The standard InChI is InChI=1S/C11H16N2O2/c1-2-15-9-5-3-4-8(6-9)10(12)7-11(13)14/h3-6,10H,2,7,12H2,1H3,(H2,13,14)/t10-/m0/s1. The van der Waals surface area contributed by atoms with E-state index in [4.69, 9.17) is 16.2 Å². The molecule has 0 radical (unpaired) electrons. The molecule has 1 aromatic carbocycles. The monoisotopic (exact) mass is 208 g/mol. The molecule has 0 heterocycles. The first kappa shape index (κ1) is 11.5. The zero-order valence-corrected chi connectivity index (χ0v) is 8.77. The summed E-state index contributed by atoms with van der Waals surface area (Å²) in [6, 6.07) is 7.03. The normalized spacial score (nSPS) is 12.1. The average molecular weight is 208 g/mol. The van der Waals surface area contributed by atoms with E-state index < -0.39 is 5.91 Å². The molecule has 0 aliphatic heterocycles.